The zero-order valence-corrected chi connectivity index (χ0v) is 11.2. The first-order chi connectivity index (χ1) is 10.4. The molecule has 1 aromatic carbocycles. The Kier molecular flexibility index (Phi) is 2.81. The van der Waals surface area contributed by atoms with Crippen LogP contribution in [-0.4, -0.2) is 24.1 Å². The van der Waals surface area contributed by atoms with E-state index in [4.69, 9.17) is 8.94 Å². The maximum absolute atomic E-state index is 5.54. The number of aromatic nitrogens is 1. The average Bonchev–Trinajstić information content (AvgIpc) is 3.27. The van der Waals surface area contributed by atoms with E-state index in [-0.39, 0.29) is 0 Å². The largest absolute Gasteiger partial charge is 0.461 e. The average molecular weight is 279 g/mol. The van der Waals surface area contributed by atoms with Crippen LogP contribution in [0.2, 0.25) is 0 Å². The van der Waals surface area contributed by atoms with Crippen LogP contribution in [0, 0.1) is 0 Å². The summed E-state index contributed by atoms with van der Waals surface area (Å²) in [7, 11) is 0. The number of nitrogens with zero attached hydrogens (tertiary/aromatic N) is 2. The standard InChI is InChI=1S/C16H13N3O2/c1-2-5-11(6-3-1)14-13(16-17-8-9-18-16)15(21-19-14)12-7-4-10-20-12/h1-7,10H,8-9H2,(H,17,18). The highest BCUT2D eigenvalue weighted by Gasteiger charge is 2.26. The summed E-state index contributed by atoms with van der Waals surface area (Å²) >= 11 is 0. The van der Waals surface area contributed by atoms with Crippen molar-refractivity contribution >= 4 is 5.84 Å². The Morgan fingerprint density at radius 2 is 1.95 bits per heavy atom. The third-order valence-electron chi connectivity index (χ3n) is 3.40. The highest BCUT2D eigenvalue weighted by molar-refractivity contribution is 6.08. The molecule has 0 saturated heterocycles. The monoisotopic (exact) mass is 279 g/mol. The van der Waals surface area contributed by atoms with Crippen LogP contribution in [0.25, 0.3) is 22.8 Å². The van der Waals surface area contributed by atoms with Crippen molar-refractivity contribution in [3.63, 3.8) is 0 Å². The van der Waals surface area contributed by atoms with Crippen molar-refractivity contribution in [2.75, 3.05) is 13.1 Å². The first-order valence-corrected chi connectivity index (χ1v) is 6.81. The second-order valence-electron chi connectivity index (χ2n) is 4.74. The van der Waals surface area contributed by atoms with Crippen molar-refractivity contribution < 1.29 is 8.94 Å². The van der Waals surface area contributed by atoms with Crippen molar-refractivity contribution in [3.05, 3.63) is 54.3 Å². The van der Waals surface area contributed by atoms with Gasteiger partial charge in [0.05, 0.1) is 18.4 Å². The van der Waals surface area contributed by atoms with Crippen molar-refractivity contribution in [1.82, 2.24) is 10.5 Å². The Labute approximate surface area is 121 Å². The quantitative estimate of drug-likeness (QED) is 0.800. The summed E-state index contributed by atoms with van der Waals surface area (Å²) in [5.74, 6) is 2.06. The number of hydrogen-bond donors (Lipinski definition) is 1. The van der Waals surface area contributed by atoms with Gasteiger partial charge in [-0.3, -0.25) is 4.99 Å². The summed E-state index contributed by atoms with van der Waals surface area (Å²) in [6.45, 7) is 1.58. The second-order valence-corrected chi connectivity index (χ2v) is 4.74. The zero-order chi connectivity index (χ0) is 14.1. The van der Waals surface area contributed by atoms with E-state index in [1.165, 1.54) is 0 Å². The highest BCUT2D eigenvalue weighted by atomic mass is 16.5. The summed E-state index contributed by atoms with van der Waals surface area (Å²) in [6.07, 6.45) is 1.62. The van der Waals surface area contributed by atoms with Gasteiger partial charge in [0.25, 0.3) is 0 Å². The SMILES string of the molecule is c1ccc(-c2noc(-c3ccco3)c2C2=NCCN2)cc1. The topological polar surface area (TPSA) is 63.6 Å². The van der Waals surface area contributed by atoms with Gasteiger partial charge in [0.1, 0.15) is 11.5 Å². The molecule has 1 N–H and O–H groups in total. The molecule has 3 heterocycles. The molecular weight excluding hydrogens is 266 g/mol. The van der Waals surface area contributed by atoms with Crippen LogP contribution in [0.3, 0.4) is 0 Å². The minimum absolute atomic E-state index is 0.604. The van der Waals surface area contributed by atoms with Crippen LogP contribution in [0.15, 0.2) is 62.7 Å². The van der Waals surface area contributed by atoms with E-state index in [2.05, 4.69) is 15.5 Å². The molecule has 1 aliphatic rings. The van der Waals surface area contributed by atoms with Crippen molar-refractivity contribution in [3.8, 4) is 22.8 Å². The minimum atomic E-state index is 0.604. The highest BCUT2D eigenvalue weighted by Crippen LogP contribution is 2.33. The smallest absolute Gasteiger partial charge is 0.213 e. The van der Waals surface area contributed by atoms with Crippen molar-refractivity contribution in [2.24, 2.45) is 4.99 Å². The molecular formula is C16H13N3O2. The van der Waals surface area contributed by atoms with Crippen LogP contribution in [-0.2, 0) is 0 Å². The molecule has 5 nitrogen and oxygen atoms in total. The molecule has 3 aromatic rings. The van der Waals surface area contributed by atoms with Gasteiger partial charge in [0.15, 0.2) is 5.76 Å². The molecule has 0 amide bonds. The molecule has 0 fully saturated rings. The number of furan rings is 1. The molecule has 0 saturated carbocycles. The Balaban J connectivity index is 1.92. The summed E-state index contributed by atoms with van der Waals surface area (Å²) < 4.78 is 11.0. The normalized spacial score (nSPS) is 14.0. The molecule has 104 valence electrons. The second kappa shape index (κ2) is 4.94. The molecule has 21 heavy (non-hydrogen) atoms. The lowest BCUT2D eigenvalue weighted by Crippen LogP contribution is -2.20. The molecule has 0 aliphatic carbocycles. The molecule has 0 unspecified atom stereocenters. The molecule has 4 rings (SSSR count). The van der Waals surface area contributed by atoms with E-state index in [1.807, 2.05) is 42.5 Å². The van der Waals surface area contributed by atoms with Gasteiger partial charge < -0.3 is 14.3 Å². The van der Waals surface area contributed by atoms with Crippen LogP contribution in [0.1, 0.15) is 5.56 Å². The van der Waals surface area contributed by atoms with Gasteiger partial charge in [-0.2, -0.15) is 0 Å². The maximum atomic E-state index is 5.54. The Bertz CT molecular complexity index is 773. The number of aliphatic imine (C=N–C) groups is 1. The summed E-state index contributed by atoms with van der Waals surface area (Å²) in [4.78, 5) is 4.50. The van der Waals surface area contributed by atoms with Crippen molar-refractivity contribution in [1.29, 1.82) is 0 Å². The fourth-order valence-corrected chi connectivity index (χ4v) is 2.44. The minimum Gasteiger partial charge on any atom is -0.461 e. The molecule has 0 bridgehead atoms. The van der Waals surface area contributed by atoms with Crippen LogP contribution < -0.4 is 5.32 Å². The molecule has 5 heteroatoms. The molecule has 0 spiro atoms. The van der Waals surface area contributed by atoms with Crippen LogP contribution in [0.4, 0.5) is 0 Å². The number of hydrogen-bond acceptors (Lipinski definition) is 5. The van der Waals surface area contributed by atoms with Crippen molar-refractivity contribution in [2.45, 2.75) is 0 Å². The molecule has 0 atom stereocenters. The van der Waals surface area contributed by atoms with Crippen LogP contribution in [0.5, 0.6) is 0 Å². The van der Waals surface area contributed by atoms with E-state index in [1.54, 1.807) is 6.26 Å². The lowest BCUT2D eigenvalue weighted by atomic mass is 10.0. The third-order valence-corrected chi connectivity index (χ3v) is 3.40. The van der Waals surface area contributed by atoms with E-state index < -0.39 is 0 Å². The third kappa shape index (κ3) is 2.03. The lowest BCUT2D eigenvalue weighted by Gasteiger charge is -2.04. The lowest BCUT2D eigenvalue weighted by molar-refractivity contribution is 0.420. The van der Waals surface area contributed by atoms with E-state index >= 15 is 0 Å². The number of benzene rings is 1. The molecule has 1 aliphatic heterocycles. The van der Waals surface area contributed by atoms with Gasteiger partial charge >= 0.3 is 0 Å². The van der Waals surface area contributed by atoms with E-state index in [0.29, 0.717) is 11.5 Å². The Hall–Kier alpha value is -2.82. The van der Waals surface area contributed by atoms with Crippen LogP contribution >= 0.6 is 0 Å². The van der Waals surface area contributed by atoms with Gasteiger partial charge in [-0.05, 0) is 12.1 Å². The van der Waals surface area contributed by atoms with E-state index in [0.717, 1.165) is 35.7 Å². The number of nitrogens with one attached hydrogen (secondary N) is 1. The van der Waals surface area contributed by atoms with Gasteiger partial charge in [0, 0.05) is 12.1 Å². The summed E-state index contributed by atoms with van der Waals surface area (Å²) in [5.41, 5.74) is 2.62. The van der Waals surface area contributed by atoms with Gasteiger partial charge in [-0.15, -0.1) is 0 Å². The molecule has 2 aromatic heterocycles. The summed E-state index contributed by atoms with van der Waals surface area (Å²) in [6, 6.07) is 13.6. The summed E-state index contributed by atoms with van der Waals surface area (Å²) in [5, 5.41) is 7.51. The predicted octanol–water partition coefficient (Wildman–Crippen LogP) is 2.95. The van der Waals surface area contributed by atoms with Gasteiger partial charge in [0.2, 0.25) is 5.76 Å². The first-order valence-electron chi connectivity index (χ1n) is 6.81. The Morgan fingerprint density at radius 1 is 1.05 bits per heavy atom. The van der Waals surface area contributed by atoms with Gasteiger partial charge in [-0.25, -0.2) is 0 Å². The Morgan fingerprint density at radius 3 is 2.67 bits per heavy atom. The first kappa shape index (κ1) is 12.0. The maximum Gasteiger partial charge on any atom is 0.213 e. The fraction of sp³-hybridized carbons (Fsp3) is 0.125. The van der Waals surface area contributed by atoms with Gasteiger partial charge in [-0.1, -0.05) is 35.5 Å². The molecule has 0 radical (unpaired) electrons. The fourth-order valence-electron chi connectivity index (χ4n) is 2.44. The number of rotatable bonds is 3. The van der Waals surface area contributed by atoms with E-state index in [9.17, 15) is 0 Å². The predicted molar refractivity (Wildman–Crippen MR) is 79.0 cm³/mol. The zero-order valence-electron chi connectivity index (χ0n) is 11.2. The number of amidine groups is 1.